The minimum atomic E-state index is -1.25. The Morgan fingerprint density at radius 1 is 1.27 bits per heavy atom. The molecule has 4 atom stereocenters. The molecule has 0 radical (unpaired) electrons. The number of carbonyl (C=O) groups excluding carboxylic acids is 1. The molecule has 158 valence electrons. The van der Waals surface area contributed by atoms with E-state index < -0.39 is 29.4 Å². The highest BCUT2D eigenvalue weighted by Gasteiger charge is 2.66. The normalized spacial score (nSPS) is 30.7. The van der Waals surface area contributed by atoms with Gasteiger partial charge in [0.2, 0.25) is 5.91 Å². The summed E-state index contributed by atoms with van der Waals surface area (Å²) in [6, 6.07) is 8.82. The van der Waals surface area contributed by atoms with Crippen molar-refractivity contribution in [3.63, 3.8) is 0 Å². The van der Waals surface area contributed by atoms with Gasteiger partial charge < -0.3 is 16.2 Å². The molecule has 5 nitrogen and oxygen atoms in total. The summed E-state index contributed by atoms with van der Waals surface area (Å²) in [6.07, 6.45) is 2.12. The molecule has 0 bridgehead atoms. The van der Waals surface area contributed by atoms with Crippen molar-refractivity contribution in [3.8, 4) is 0 Å². The van der Waals surface area contributed by atoms with Gasteiger partial charge in [-0.3, -0.25) is 9.69 Å². The van der Waals surface area contributed by atoms with Gasteiger partial charge in [-0.1, -0.05) is 41.4 Å². The second-order valence-electron chi connectivity index (χ2n) is 8.45. The first-order valence-electron chi connectivity index (χ1n) is 10.1. The van der Waals surface area contributed by atoms with E-state index in [0.29, 0.717) is 28.7 Å². The Balaban J connectivity index is 1.78. The third kappa shape index (κ3) is 2.75. The third-order valence-electron chi connectivity index (χ3n) is 6.77. The van der Waals surface area contributed by atoms with Gasteiger partial charge in [0.25, 0.3) is 0 Å². The van der Waals surface area contributed by atoms with Crippen LogP contribution in [0.25, 0.3) is 0 Å². The van der Waals surface area contributed by atoms with Crippen LogP contribution in [0.2, 0.25) is 10.0 Å². The van der Waals surface area contributed by atoms with E-state index >= 15 is 4.39 Å². The maximum Gasteiger partial charge on any atom is 0.250 e. The topological polar surface area (TPSA) is 78.6 Å². The molecule has 2 aromatic carbocycles. The molecule has 1 amide bonds. The van der Waals surface area contributed by atoms with E-state index in [1.807, 2.05) is 4.90 Å². The Kier molecular flexibility index (Phi) is 4.84. The zero-order valence-corrected chi connectivity index (χ0v) is 17.6. The molecule has 3 aliphatic rings. The number of amides is 1. The smallest absolute Gasteiger partial charge is 0.250 e. The van der Waals surface area contributed by atoms with Gasteiger partial charge in [-0.15, -0.1) is 0 Å². The number of nitrogens with zero attached hydrogens (tertiary/aromatic N) is 1. The molecule has 1 saturated heterocycles. The maximum absolute atomic E-state index is 15.2. The number of likely N-dealkylation sites (tertiary alicyclic amines) is 1. The number of carbonyl (C=O) groups is 1. The molecular weight excluding hydrogens is 428 g/mol. The van der Waals surface area contributed by atoms with Crippen LogP contribution in [0.1, 0.15) is 29.9 Å². The van der Waals surface area contributed by atoms with Crippen molar-refractivity contribution in [2.45, 2.75) is 36.4 Å². The van der Waals surface area contributed by atoms with E-state index in [1.54, 1.807) is 30.3 Å². The number of benzene rings is 2. The highest BCUT2D eigenvalue weighted by Crippen LogP contribution is 2.58. The quantitative estimate of drug-likeness (QED) is 0.667. The van der Waals surface area contributed by atoms with Gasteiger partial charge in [0.05, 0.1) is 11.6 Å². The third-order valence-corrected chi connectivity index (χ3v) is 7.30. The van der Waals surface area contributed by atoms with E-state index in [1.165, 1.54) is 6.07 Å². The lowest BCUT2D eigenvalue weighted by molar-refractivity contribution is -0.128. The summed E-state index contributed by atoms with van der Waals surface area (Å²) < 4.78 is 15.2. The van der Waals surface area contributed by atoms with Gasteiger partial charge in [-0.05, 0) is 42.5 Å². The summed E-state index contributed by atoms with van der Waals surface area (Å²) in [5.41, 5.74) is 6.98. The summed E-state index contributed by atoms with van der Waals surface area (Å²) in [4.78, 5) is 15.7. The maximum atomic E-state index is 15.2. The molecule has 8 heteroatoms. The van der Waals surface area contributed by atoms with E-state index in [2.05, 4.69) is 5.32 Å². The standard InChI is InChI=1S/C22H22Cl2FN3O2/c23-12-6-7-14-16(8-12)27-21(30)22(14)18(13-2-1-3-15(24)19(13)25)20(26)17(10-29)28(22)9-11-4-5-11/h1-3,6-8,11,17-18,20,29H,4-5,9-10,26H2,(H,27,30)/t17-,18-,20+,22+/m0/s1. The van der Waals surface area contributed by atoms with Gasteiger partial charge in [-0.2, -0.15) is 0 Å². The minimum Gasteiger partial charge on any atom is -0.395 e. The predicted octanol–water partition coefficient (Wildman–Crippen LogP) is 3.48. The summed E-state index contributed by atoms with van der Waals surface area (Å²) in [5.74, 6) is -1.17. The van der Waals surface area contributed by atoms with Crippen LogP contribution in [0.5, 0.6) is 0 Å². The van der Waals surface area contributed by atoms with Gasteiger partial charge in [0.15, 0.2) is 0 Å². The lowest BCUT2D eigenvalue weighted by atomic mass is 9.73. The number of aliphatic hydroxyl groups excluding tert-OH is 1. The van der Waals surface area contributed by atoms with Crippen LogP contribution in [0, 0.1) is 11.7 Å². The molecule has 1 spiro atoms. The fourth-order valence-electron chi connectivity index (χ4n) is 5.31. The van der Waals surface area contributed by atoms with Crippen LogP contribution in [-0.4, -0.2) is 41.1 Å². The van der Waals surface area contributed by atoms with Gasteiger partial charge >= 0.3 is 0 Å². The number of anilines is 1. The molecule has 30 heavy (non-hydrogen) atoms. The SMILES string of the molecule is N[C@@H]1[C@H](CO)N(CC2CC2)[C@@]2(C(=O)Nc3cc(Cl)ccc32)[C@H]1c1cccc(Cl)c1F. The van der Waals surface area contributed by atoms with Crippen molar-refractivity contribution in [1.29, 1.82) is 0 Å². The van der Waals surface area contributed by atoms with Crippen molar-refractivity contribution in [2.24, 2.45) is 11.7 Å². The van der Waals surface area contributed by atoms with Gasteiger partial charge in [0.1, 0.15) is 11.4 Å². The number of fused-ring (bicyclic) bond motifs is 2. The predicted molar refractivity (Wildman–Crippen MR) is 114 cm³/mol. The highest BCUT2D eigenvalue weighted by molar-refractivity contribution is 6.31. The number of hydrogen-bond acceptors (Lipinski definition) is 4. The van der Waals surface area contributed by atoms with Crippen LogP contribution >= 0.6 is 23.2 Å². The number of aliphatic hydroxyl groups is 1. The van der Waals surface area contributed by atoms with Crippen LogP contribution in [0.4, 0.5) is 10.1 Å². The van der Waals surface area contributed by atoms with E-state index in [4.69, 9.17) is 28.9 Å². The Morgan fingerprint density at radius 3 is 2.73 bits per heavy atom. The number of halogens is 3. The Hall–Kier alpha value is -1.70. The molecule has 0 aromatic heterocycles. The Morgan fingerprint density at radius 2 is 2.03 bits per heavy atom. The first-order valence-corrected chi connectivity index (χ1v) is 10.8. The molecule has 0 unspecified atom stereocenters. The second kappa shape index (κ2) is 7.18. The first kappa shape index (κ1) is 20.2. The second-order valence-corrected chi connectivity index (χ2v) is 9.30. The highest BCUT2D eigenvalue weighted by atomic mass is 35.5. The molecule has 2 heterocycles. The molecule has 4 N–H and O–H groups in total. The van der Waals surface area contributed by atoms with Crippen molar-refractivity contribution in [2.75, 3.05) is 18.5 Å². The van der Waals surface area contributed by atoms with E-state index in [-0.39, 0.29) is 23.1 Å². The molecule has 1 aliphatic carbocycles. The van der Waals surface area contributed by atoms with Crippen molar-refractivity contribution < 1.29 is 14.3 Å². The van der Waals surface area contributed by atoms with Crippen LogP contribution in [0.15, 0.2) is 36.4 Å². The van der Waals surface area contributed by atoms with Crippen LogP contribution in [-0.2, 0) is 10.3 Å². The van der Waals surface area contributed by atoms with E-state index in [0.717, 1.165) is 12.8 Å². The van der Waals surface area contributed by atoms with Crippen LogP contribution < -0.4 is 11.1 Å². The minimum absolute atomic E-state index is 0.0224. The lowest BCUT2D eigenvalue weighted by Gasteiger charge is -2.39. The number of nitrogens with two attached hydrogens (primary N) is 1. The van der Waals surface area contributed by atoms with Gasteiger partial charge in [0, 0.05) is 40.8 Å². The van der Waals surface area contributed by atoms with Crippen molar-refractivity contribution in [1.82, 2.24) is 4.90 Å². The fourth-order valence-corrected chi connectivity index (χ4v) is 5.66. The summed E-state index contributed by atoms with van der Waals surface area (Å²) in [5, 5.41) is 13.7. The zero-order chi connectivity index (χ0) is 21.2. The van der Waals surface area contributed by atoms with Crippen molar-refractivity contribution >= 4 is 34.8 Å². The molecule has 2 fully saturated rings. The lowest BCUT2D eigenvalue weighted by Crippen LogP contribution is -2.53. The van der Waals surface area contributed by atoms with Crippen molar-refractivity contribution in [3.05, 3.63) is 63.4 Å². The monoisotopic (exact) mass is 449 g/mol. The fraction of sp³-hybridized carbons (Fsp3) is 0.409. The summed E-state index contributed by atoms with van der Waals surface area (Å²) in [6.45, 7) is 0.373. The summed E-state index contributed by atoms with van der Waals surface area (Å²) in [7, 11) is 0. The molecule has 2 aliphatic heterocycles. The van der Waals surface area contributed by atoms with Crippen LogP contribution in [0.3, 0.4) is 0 Å². The Bertz CT molecular complexity index is 1030. The molecule has 2 aromatic rings. The molecule has 5 rings (SSSR count). The number of rotatable bonds is 4. The average Bonchev–Trinajstić information content (AvgIpc) is 3.43. The molecule has 1 saturated carbocycles. The zero-order valence-electron chi connectivity index (χ0n) is 16.1. The average molecular weight is 450 g/mol. The largest absolute Gasteiger partial charge is 0.395 e. The van der Waals surface area contributed by atoms with Gasteiger partial charge in [-0.25, -0.2) is 4.39 Å². The number of hydrogen-bond donors (Lipinski definition) is 3. The number of nitrogens with one attached hydrogen (secondary N) is 1. The first-order chi connectivity index (χ1) is 14.4. The van der Waals surface area contributed by atoms with E-state index in [9.17, 15) is 9.90 Å². The summed E-state index contributed by atoms with van der Waals surface area (Å²) >= 11 is 12.3. The molecular formula is C22H22Cl2FN3O2. The Labute approximate surface area is 183 Å².